The van der Waals surface area contributed by atoms with Gasteiger partial charge in [0, 0.05) is 11.1 Å². The van der Waals surface area contributed by atoms with E-state index in [4.69, 9.17) is 18.7 Å². The molecule has 0 bridgehead atoms. The molecule has 1 N–H and O–H groups in total. The van der Waals surface area contributed by atoms with Crippen LogP contribution in [0.2, 0.25) is 0 Å². The Labute approximate surface area is 210 Å². The molecule has 3 aromatic carbocycles. The molecule has 0 radical (unpaired) electrons. The van der Waals surface area contributed by atoms with Gasteiger partial charge in [0.25, 0.3) is 11.4 Å². The van der Waals surface area contributed by atoms with Crippen LogP contribution < -0.4 is 25.5 Å². The van der Waals surface area contributed by atoms with E-state index in [-0.39, 0.29) is 25.3 Å². The van der Waals surface area contributed by atoms with Gasteiger partial charge in [-0.05, 0) is 74.0 Å². The van der Waals surface area contributed by atoms with Crippen molar-refractivity contribution in [2.45, 2.75) is 26.5 Å². The summed E-state index contributed by atoms with van der Waals surface area (Å²) in [6, 6.07) is 17.7. The Morgan fingerprint density at radius 2 is 1.76 bits per heavy atom. The van der Waals surface area contributed by atoms with Crippen LogP contribution in [0.25, 0.3) is 33.7 Å². The summed E-state index contributed by atoms with van der Waals surface area (Å²) in [5, 5.41) is 4.44. The molecule has 0 saturated carbocycles. The van der Waals surface area contributed by atoms with Gasteiger partial charge in [0.1, 0.15) is 5.75 Å². The van der Waals surface area contributed by atoms with Crippen molar-refractivity contribution in [2.24, 2.45) is 0 Å². The van der Waals surface area contributed by atoms with Crippen molar-refractivity contribution in [2.75, 3.05) is 6.79 Å². The highest BCUT2D eigenvalue weighted by atomic mass is 16.7. The van der Waals surface area contributed by atoms with E-state index in [0.717, 1.165) is 21.4 Å². The number of nitrogens with zero attached hydrogens (tertiary/aromatic N) is 3. The minimum atomic E-state index is -0.526. The molecule has 10 nitrogen and oxygen atoms in total. The monoisotopic (exact) mass is 498 g/mol. The molecular formula is C27H22N4O6. The van der Waals surface area contributed by atoms with Crippen LogP contribution in [0.4, 0.5) is 0 Å². The van der Waals surface area contributed by atoms with Crippen molar-refractivity contribution in [3.63, 3.8) is 0 Å². The summed E-state index contributed by atoms with van der Waals surface area (Å²) in [7, 11) is 0. The second kappa shape index (κ2) is 8.98. The lowest BCUT2D eigenvalue weighted by Crippen LogP contribution is -2.35. The van der Waals surface area contributed by atoms with Crippen molar-refractivity contribution in [1.29, 1.82) is 0 Å². The van der Waals surface area contributed by atoms with E-state index >= 15 is 0 Å². The lowest BCUT2D eigenvalue weighted by molar-refractivity contribution is 0.174. The Morgan fingerprint density at radius 1 is 0.973 bits per heavy atom. The maximum Gasteiger partial charge on any atom is 0.329 e. The molecule has 0 unspecified atom stereocenters. The summed E-state index contributed by atoms with van der Waals surface area (Å²) in [5.41, 5.74) is 1.54. The molecule has 186 valence electrons. The fourth-order valence-corrected chi connectivity index (χ4v) is 4.17. The van der Waals surface area contributed by atoms with Crippen LogP contribution in [0, 0.1) is 0 Å². The first-order chi connectivity index (χ1) is 17.9. The Kier molecular flexibility index (Phi) is 5.48. The van der Waals surface area contributed by atoms with Crippen LogP contribution in [-0.4, -0.2) is 32.6 Å². The van der Waals surface area contributed by atoms with Crippen molar-refractivity contribution in [3.05, 3.63) is 87.1 Å². The van der Waals surface area contributed by atoms with Gasteiger partial charge < -0.3 is 23.7 Å². The number of hydrogen-bond donors (Lipinski definition) is 1. The smallest absolute Gasteiger partial charge is 0.329 e. The molecule has 0 spiro atoms. The van der Waals surface area contributed by atoms with Gasteiger partial charge >= 0.3 is 5.69 Å². The lowest BCUT2D eigenvalue weighted by Gasteiger charge is -2.09. The number of nitrogens with one attached hydrogen (secondary N) is 1. The van der Waals surface area contributed by atoms with Gasteiger partial charge in [-0.25, -0.2) is 4.79 Å². The van der Waals surface area contributed by atoms with Crippen LogP contribution in [0.15, 0.2) is 74.8 Å². The average molecular weight is 498 g/mol. The zero-order valence-corrected chi connectivity index (χ0v) is 20.1. The minimum absolute atomic E-state index is 0.0785. The predicted molar refractivity (Wildman–Crippen MR) is 135 cm³/mol. The second-order valence-corrected chi connectivity index (χ2v) is 8.88. The van der Waals surface area contributed by atoms with Gasteiger partial charge in [0.2, 0.25) is 12.6 Å². The summed E-state index contributed by atoms with van der Waals surface area (Å²) in [6.07, 6.45) is 0.0785. The number of H-pyrrole nitrogens is 1. The summed E-state index contributed by atoms with van der Waals surface area (Å²) in [5.74, 6) is 2.66. The SMILES string of the molecule is CC(C)Oc1ccc(-c2noc(-c3ccc4c(=O)n(Cc5ccc6c(c5)OCO6)c(=O)[nH]c4c3)n2)cc1. The fraction of sp³-hybridized carbons (Fsp3) is 0.185. The van der Waals surface area contributed by atoms with Crippen LogP contribution in [-0.2, 0) is 6.54 Å². The van der Waals surface area contributed by atoms with Crippen LogP contribution in [0.1, 0.15) is 19.4 Å². The lowest BCUT2D eigenvalue weighted by atomic mass is 10.1. The molecular weight excluding hydrogens is 476 g/mol. The van der Waals surface area contributed by atoms with Crippen LogP contribution in [0.5, 0.6) is 17.2 Å². The highest BCUT2D eigenvalue weighted by Crippen LogP contribution is 2.32. The second-order valence-electron chi connectivity index (χ2n) is 8.88. The zero-order valence-electron chi connectivity index (χ0n) is 20.1. The van der Waals surface area contributed by atoms with E-state index in [1.54, 1.807) is 36.4 Å². The molecule has 0 saturated heterocycles. The highest BCUT2D eigenvalue weighted by Gasteiger charge is 2.16. The first-order valence-electron chi connectivity index (χ1n) is 11.7. The largest absolute Gasteiger partial charge is 0.491 e. The van der Waals surface area contributed by atoms with Crippen molar-refractivity contribution in [3.8, 4) is 40.1 Å². The average Bonchev–Trinajstić information content (AvgIpc) is 3.56. The molecule has 0 aliphatic carbocycles. The molecule has 1 aliphatic rings. The molecule has 6 rings (SSSR count). The van der Waals surface area contributed by atoms with Crippen molar-refractivity contribution < 1.29 is 18.7 Å². The number of aromatic amines is 1. The van der Waals surface area contributed by atoms with E-state index in [1.165, 1.54) is 0 Å². The van der Waals surface area contributed by atoms with E-state index in [1.807, 2.05) is 38.1 Å². The van der Waals surface area contributed by atoms with E-state index < -0.39 is 11.2 Å². The fourth-order valence-electron chi connectivity index (χ4n) is 4.17. The third kappa shape index (κ3) is 4.33. The summed E-state index contributed by atoms with van der Waals surface area (Å²) < 4.78 is 23.0. The molecule has 37 heavy (non-hydrogen) atoms. The van der Waals surface area contributed by atoms with Crippen LogP contribution >= 0.6 is 0 Å². The topological polar surface area (TPSA) is 121 Å². The maximum absolute atomic E-state index is 13.1. The first-order valence-corrected chi connectivity index (χ1v) is 11.7. The summed E-state index contributed by atoms with van der Waals surface area (Å²) in [4.78, 5) is 33.2. The Hall–Kier alpha value is -4.86. The Balaban J connectivity index is 1.28. The van der Waals surface area contributed by atoms with Crippen molar-refractivity contribution in [1.82, 2.24) is 19.7 Å². The molecule has 0 fully saturated rings. The predicted octanol–water partition coefficient (Wildman–Crippen LogP) is 3.97. The molecule has 5 aromatic rings. The van der Waals surface area contributed by atoms with Gasteiger partial charge in [0.05, 0.1) is 23.6 Å². The normalized spacial score (nSPS) is 12.4. The number of ether oxygens (including phenoxy) is 3. The Bertz CT molecular complexity index is 1730. The van der Waals surface area contributed by atoms with Gasteiger partial charge in [-0.1, -0.05) is 11.2 Å². The molecule has 2 aromatic heterocycles. The molecule has 10 heteroatoms. The molecule has 0 atom stereocenters. The highest BCUT2D eigenvalue weighted by molar-refractivity contribution is 5.82. The summed E-state index contributed by atoms with van der Waals surface area (Å²) in [6.45, 7) is 4.17. The minimum Gasteiger partial charge on any atom is -0.491 e. The number of benzene rings is 3. The maximum atomic E-state index is 13.1. The summed E-state index contributed by atoms with van der Waals surface area (Å²) >= 11 is 0. The number of hydrogen-bond acceptors (Lipinski definition) is 8. The van der Waals surface area contributed by atoms with Crippen molar-refractivity contribution >= 4 is 10.9 Å². The third-order valence-electron chi connectivity index (χ3n) is 5.92. The third-order valence-corrected chi connectivity index (χ3v) is 5.92. The van der Waals surface area contributed by atoms with E-state index in [2.05, 4.69) is 15.1 Å². The van der Waals surface area contributed by atoms with Gasteiger partial charge in [-0.15, -0.1) is 0 Å². The number of aromatic nitrogens is 4. The quantitative estimate of drug-likeness (QED) is 0.373. The van der Waals surface area contributed by atoms with Crippen LogP contribution in [0.3, 0.4) is 0 Å². The van der Waals surface area contributed by atoms with Gasteiger partial charge in [0.15, 0.2) is 11.5 Å². The van der Waals surface area contributed by atoms with Gasteiger partial charge in [-0.3, -0.25) is 9.36 Å². The van der Waals surface area contributed by atoms with Gasteiger partial charge in [-0.2, -0.15) is 4.98 Å². The molecule has 3 heterocycles. The number of rotatable bonds is 6. The number of fused-ring (bicyclic) bond motifs is 2. The van der Waals surface area contributed by atoms with E-state index in [0.29, 0.717) is 33.8 Å². The standard InChI is InChI=1S/C27H22N4O6/c1-15(2)36-19-7-4-17(5-8-19)24-29-25(37-30-24)18-6-9-20-21(12-18)28-27(33)31(26(20)32)13-16-3-10-22-23(11-16)35-14-34-22/h3-12,15H,13-14H2,1-2H3,(H,28,33). The van der Waals surface area contributed by atoms with E-state index in [9.17, 15) is 9.59 Å². The first kappa shape index (κ1) is 22.6. The molecule has 1 aliphatic heterocycles. The molecule has 0 amide bonds. The zero-order chi connectivity index (χ0) is 25.5. The Morgan fingerprint density at radius 3 is 2.57 bits per heavy atom.